The zero-order chi connectivity index (χ0) is 14.8. The van der Waals surface area contributed by atoms with Crippen LogP contribution in [0.5, 0.6) is 0 Å². The molecule has 0 amide bonds. The van der Waals surface area contributed by atoms with E-state index in [1.165, 1.54) is 25.7 Å². The molecule has 112 valence electrons. The minimum absolute atomic E-state index is 0.0162. The molecule has 0 aliphatic heterocycles. The van der Waals surface area contributed by atoms with E-state index in [4.69, 9.17) is 9.52 Å². The lowest BCUT2D eigenvalue weighted by atomic mass is 9.96. The molecule has 5 heteroatoms. The van der Waals surface area contributed by atoms with Crippen LogP contribution in [0.25, 0.3) is 0 Å². The number of furan rings is 1. The predicted octanol–water partition coefficient (Wildman–Crippen LogP) is 2.25. The van der Waals surface area contributed by atoms with Crippen LogP contribution in [0.2, 0.25) is 0 Å². The fraction of sp³-hybridized carbons (Fsp3) is 0.667. The molecule has 1 saturated carbocycles. The molecule has 1 aromatic rings. The maximum Gasteiger partial charge on any atom is 0.371 e. The zero-order valence-electron chi connectivity index (χ0n) is 12.5. The fourth-order valence-corrected chi connectivity index (χ4v) is 3.05. The number of hydrogen-bond acceptors (Lipinski definition) is 4. The van der Waals surface area contributed by atoms with Gasteiger partial charge in [0.1, 0.15) is 5.76 Å². The first-order valence-electron chi connectivity index (χ1n) is 7.15. The van der Waals surface area contributed by atoms with Gasteiger partial charge in [-0.15, -0.1) is 0 Å². The molecule has 1 fully saturated rings. The summed E-state index contributed by atoms with van der Waals surface area (Å²) in [5.41, 5.74) is 1.17. The average molecular weight is 280 g/mol. The lowest BCUT2D eigenvalue weighted by Gasteiger charge is -2.36. The van der Waals surface area contributed by atoms with E-state index >= 15 is 0 Å². The Morgan fingerprint density at radius 1 is 1.45 bits per heavy atom. The van der Waals surface area contributed by atoms with Crippen molar-refractivity contribution < 1.29 is 14.3 Å². The molecule has 1 heterocycles. The number of likely N-dealkylation sites (N-methyl/N-ethyl adjacent to an activating group) is 1. The highest BCUT2D eigenvalue weighted by Crippen LogP contribution is 2.33. The predicted molar refractivity (Wildman–Crippen MR) is 77.0 cm³/mol. The van der Waals surface area contributed by atoms with Crippen molar-refractivity contribution in [3.63, 3.8) is 0 Å². The second-order valence-electron chi connectivity index (χ2n) is 5.93. The zero-order valence-corrected chi connectivity index (χ0v) is 12.5. The number of carbonyl (C=O) groups is 1. The summed E-state index contributed by atoms with van der Waals surface area (Å²) in [6.07, 6.45) is 5.01. The van der Waals surface area contributed by atoms with Crippen LogP contribution in [0.15, 0.2) is 10.5 Å². The van der Waals surface area contributed by atoms with Crippen LogP contribution >= 0.6 is 0 Å². The molecular formula is C15H24N2O3. The van der Waals surface area contributed by atoms with Crippen molar-refractivity contribution in [1.82, 2.24) is 10.2 Å². The topological polar surface area (TPSA) is 65.7 Å². The van der Waals surface area contributed by atoms with Crippen molar-refractivity contribution in [2.24, 2.45) is 0 Å². The van der Waals surface area contributed by atoms with Gasteiger partial charge in [0.25, 0.3) is 0 Å². The van der Waals surface area contributed by atoms with E-state index in [-0.39, 0.29) is 11.3 Å². The second-order valence-corrected chi connectivity index (χ2v) is 5.93. The van der Waals surface area contributed by atoms with E-state index in [9.17, 15) is 4.79 Å². The molecule has 0 unspecified atom stereocenters. The molecule has 1 aromatic heterocycles. The third-order valence-electron chi connectivity index (χ3n) is 4.48. The van der Waals surface area contributed by atoms with Gasteiger partial charge in [-0.1, -0.05) is 12.8 Å². The largest absolute Gasteiger partial charge is 0.475 e. The van der Waals surface area contributed by atoms with Crippen LogP contribution in [0.4, 0.5) is 0 Å². The summed E-state index contributed by atoms with van der Waals surface area (Å²) in [6, 6.07) is 1.61. The van der Waals surface area contributed by atoms with Gasteiger partial charge in [0, 0.05) is 24.2 Å². The van der Waals surface area contributed by atoms with Crippen LogP contribution in [0.3, 0.4) is 0 Å². The summed E-state index contributed by atoms with van der Waals surface area (Å²) in [5, 5.41) is 12.4. The van der Waals surface area contributed by atoms with Gasteiger partial charge in [-0.25, -0.2) is 4.79 Å². The molecule has 2 rings (SSSR count). The first-order valence-corrected chi connectivity index (χ1v) is 7.15. The number of aromatic carboxylic acids is 1. The Kier molecular flexibility index (Phi) is 4.50. The fourth-order valence-electron chi connectivity index (χ4n) is 3.05. The molecule has 0 bridgehead atoms. The van der Waals surface area contributed by atoms with Crippen LogP contribution in [0.1, 0.15) is 47.6 Å². The van der Waals surface area contributed by atoms with Crippen molar-refractivity contribution >= 4 is 5.97 Å². The summed E-state index contributed by atoms with van der Waals surface area (Å²) in [7, 11) is 4.28. The highest BCUT2D eigenvalue weighted by Gasteiger charge is 2.35. The Labute approximate surface area is 119 Å². The van der Waals surface area contributed by atoms with Crippen molar-refractivity contribution in [3.05, 3.63) is 23.2 Å². The molecule has 0 atom stereocenters. The number of nitrogens with zero attached hydrogens (tertiary/aromatic N) is 1. The van der Waals surface area contributed by atoms with E-state index in [0.717, 1.165) is 12.1 Å². The molecule has 1 aliphatic carbocycles. The Balaban J connectivity index is 1.94. The Morgan fingerprint density at radius 2 is 2.10 bits per heavy atom. The minimum atomic E-state index is -1.01. The Morgan fingerprint density at radius 3 is 2.60 bits per heavy atom. The van der Waals surface area contributed by atoms with E-state index in [1.54, 1.807) is 13.0 Å². The van der Waals surface area contributed by atoms with Gasteiger partial charge < -0.3 is 19.7 Å². The van der Waals surface area contributed by atoms with Crippen molar-refractivity contribution in [2.45, 2.75) is 44.7 Å². The van der Waals surface area contributed by atoms with Gasteiger partial charge in [-0.2, -0.15) is 0 Å². The maximum atomic E-state index is 10.9. The summed E-state index contributed by atoms with van der Waals surface area (Å²) in [5.74, 6) is -0.317. The average Bonchev–Trinajstić information content (AvgIpc) is 2.98. The van der Waals surface area contributed by atoms with E-state index < -0.39 is 5.97 Å². The number of hydrogen-bond donors (Lipinski definition) is 2. The van der Waals surface area contributed by atoms with Crippen molar-refractivity contribution in [1.29, 1.82) is 0 Å². The first kappa shape index (κ1) is 15.1. The quantitative estimate of drug-likeness (QED) is 0.836. The number of carboxylic acids is 1. The number of rotatable bonds is 6. The van der Waals surface area contributed by atoms with Crippen molar-refractivity contribution in [2.75, 3.05) is 20.6 Å². The summed E-state index contributed by atoms with van der Waals surface area (Å²) >= 11 is 0. The summed E-state index contributed by atoms with van der Waals surface area (Å²) < 4.78 is 5.22. The monoisotopic (exact) mass is 280 g/mol. The van der Waals surface area contributed by atoms with Gasteiger partial charge in [-0.3, -0.25) is 0 Å². The summed E-state index contributed by atoms with van der Waals surface area (Å²) in [6.45, 7) is 3.38. The molecule has 20 heavy (non-hydrogen) atoms. The van der Waals surface area contributed by atoms with Gasteiger partial charge in [0.2, 0.25) is 5.76 Å². The molecule has 0 saturated heterocycles. The van der Waals surface area contributed by atoms with Gasteiger partial charge >= 0.3 is 5.97 Å². The molecular weight excluding hydrogens is 256 g/mol. The van der Waals surface area contributed by atoms with Gasteiger partial charge in [0.15, 0.2) is 0 Å². The standard InChI is InChI=1S/C15H24N2O3/c1-11-12(8-13(20-11)14(18)19)9-16-10-15(17(2)3)6-4-5-7-15/h8,16H,4-7,9-10H2,1-3H3,(H,18,19). The molecule has 1 aliphatic rings. The molecule has 0 spiro atoms. The number of nitrogens with one attached hydrogen (secondary N) is 1. The molecule has 0 radical (unpaired) electrons. The minimum Gasteiger partial charge on any atom is -0.475 e. The third-order valence-corrected chi connectivity index (χ3v) is 4.48. The lowest BCUT2D eigenvalue weighted by Crippen LogP contribution is -2.49. The molecule has 0 aromatic carbocycles. The highest BCUT2D eigenvalue weighted by molar-refractivity contribution is 5.84. The molecule has 5 nitrogen and oxygen atoms in total. The third kappa shape index (κ3) is 3.04. The number of carboxylic acid groups (broad SMARTS) is 1. The van der Waals surface area contributed by atoms with Crippen LogP contribution in [-0.4, -0.2) is 42.2 Å². The van der Waals surface area contributed by atoms with Crippen LogP contribution in [0, 0.1) is 6.92 Å². The van der Waals surface area contributed by atoms with Gasteiger partial charge in [-0.05, 0) is 39.9 Å². The molecule has 2 N–H and O–H groups in total. The Bertz CT molecular complexity index is 473. The maximum absolute atomic E-state index is 10.9. The van der Waals surface area contributed by atoms with Crippen LogP contribution < -0.4 is 5.32 Å². The van der Waals surface area contributed by atoms with E-state index in [0.29, 0.717) is 12.3 Å². The first-order chi connectivity index (χ1) is 9.44. The van der Waals surface area contributed by atoms with Crippen molar-refractivity contribution in [3.8, 4) is 0 Å². The van der Waals surface area contributed by atoms with Crippen LogP contribution in [-0.2, 0) is 6.54 Å². The lowest BCUT2D eigenvalue weighted by molar-refractivity contribution is 0.0661. The number of aryl methyl sites for hydroxylation is 1. The Hall–Kier alpha value is -1.33. The van der Waals surface area contributed by atoms with E-state index in [2.05, 4.69) is 24.3 Å². The normalized spacial score (nSPS) is 17.8. The van der Waals surface area contributed by atoms with E-state index in [1.807, 2.05) is 0 Å². The smallest absolute Gasteiger partial charge is 0.371 e. The van der Waals surface area contributed by atoms with Gasteiger partial charge in [0.05, 0.1) is 0 Å². The summed E-state index contributed by atoms with van der Waals surface area (Å²) in [4.78, 5) is 13.2. The SMILES string of the molecule is Cc1oc(C(=O)O)cc1CNCC1(N(C)C)CCCC1. The second kappa shape index (κ2) is 5.97. The highest BCUT2D eigenvalue weighted by atomic mass is 16.4.